The van der Waals surface area contributed by atoms with E-state index in [9.17, 15) is 0 Å². The van der Waals surface area contributed by atoms with E-state index in [1.165, 1.54) is 5.70 Å². The highest BCUT2D eigenvalue weighted by Gasteiger charge is 2.31. The Kier molecular flexibility index (Phi) is 3.83. The van der Waals surface area contributed by atoms with Gasteiger partial charge >= 0.3 is 0 Å². The van der Waals surface area contributed by atoms with Gasteiger partial charge < -0.3 is 4.90 Å². The van der Waals surface area contributed by atoms with Crippen molar-refractivity contribution in [2.45, 2.75) is 27.2 Å². The van der Waals surface area contributed by atoms with Crippen LogP contribution in [0.5, 0.6) is 0 Å². The van der Waals surface area contributed by atoms with Crippen molar-refractivity contribution in [3.05, 3.63) is 34.5 Å². The number of nitrogens with zero attached hydrogens (tertiary/aromatic N) is 2. The summed E-state index contributed by atoms with van der Waals surface area (Å²) in [5.74, 6) is 5.86. The summed E-state index contributed by atoms with van der Waals surface area (Å²) in [7, 11) is 0. The van der Waals surface area contributed by atoms with Crippen LogP contribution in [-0.4, -0.2) is 18.1 Å². The van der Waals surface area contributed by atoms with E-state index < -0.39 is 0 Å². The van der Waals surface area contributed by atoms with E-state index in [4.69, 9.17) is 17.4 Å². The van der Waals surface area contributed by atoms with Crippen LogP contribution in [0.4, 0.5) is 5.69 Å². The summed E-state index contributed by atoms with van der Waals surface area (Å²) in [4.78, 5) is 2.28. The second kappa shape index (κ2) is 5.21. The third-order valence-corrected chi connectivity index (χ3v) is 3.74. The lowest BCUT2D eigenvalue weighted by atomic mass is 10.1. The van der Waals surface area contributed by atoms with Crippen LogP contribution in [0.1, 0.15) is 32.8 Å². The van der Waals surface area contributed by atoms with Crippen LogP contribution in [-0.2, 0) is 0 Å². The molecule has 0 saturated heterocycles. The van der Waals surface area contributed by atoms with Gasteiger partial charge in [0.25, 0.3) is 0 Å². The number of rotatable bonds is 5. The molecule has 1 aliphatic heterocycles. The number of hydrazine groups is 1. The molecule has 0 spiro atoms. The lowest BCUT2D eigenvalue weighted by Gasteiger charge is -2.21. The fraction of sp³-hybridized carbons (Fsp3) is 0.429. The highest BCUT2D eigenvalue weighted by Crippen LogP contribution is 2.42. The average molecular weight is 266 g/mol. The van der Waals surface area contributed by atoms with E-state index in [0.29, 0.717) is 0 Å². The number of halogens is 1. The molecule has 18 heavy (non-hydrogen) atoms. The van der Waals surface area contributed by atoms with Gasteiger partial charge in [-0.15, -0.1) is 0 Å². The third kappa shape index (κ3) is 2.20. The molecule has 0 bridgehead atoms. The summed E-state index contributed by atoms with van der Waals surface area (Å²) < 4.78 is 0. The van der Waals surface area contributed by atoms with Crippen LogP contribution in [0.15, 0.2) is 23.9 Å². The van der Waals surface area contributed by atoms with Gasteiger partial charge in [-0.25, -0.2) is 5.84 Å². The van der Waals surface area contributed by atoms with Gasteiger partial charge in [-0.2, -0.15) is 0 Å². The molecule has 0 unspecified atom stereocenters. The molecule has 1 aliphatic rings. The van der Waals surface area contributed by atoms with Crippen LogP contribution in [0, 0.1) is 0 Å². The minimum atomic E-state index is 0.772. The molecule has 1 aromatic carbocycles. The van der Waals surface area contributed by atoms with Crippen molar-refractivity contribution in [2.75, 3.05) is 18.0 Å². The molecule has 98 valence electrons. The van der Waals surface area contributed by atoms with Crippen molar-refractivity contribution in [2.24, 2.45) is 5.84 Å². The smallest absolute Gasteiger partial charge is 0.0869 e. The van der Waals surface area contributed by atoms with Gasteiger partial charge in [0.05, 0.1) is 16.4 Å². The zero-order valence-corrected chi connectivity index (χ0v) is 12.0. The quantitative estimate of drug-likeness (QED) is 0.828. The van der Waals surface area contributed by atoms with Gasteiger partial charge in [0, 0.05) is 24.3 Å². The number of benzene rings is 1. The Labute approximate surface area is 114 Å². The SMILES string of the molecule is CCC1=C(c2ccc(N(CC)CC)cc2Cl)N1N. The monoisotopic (exact) mass is 265 g/mol. The molecule has 0 aliphatic carbocycles. The van der Waals surface area contributed by atoms with Gasteiger partial charge in [0.15, 0.2) is 0 Å². The van der Waals surface area contributed by atoms with Crippen LogP contribution in [0.2, 0.25) is 5.02 Å². The summed E-state index contributed by atoms with van der Waals surface area (Å²) in [6.07, 6.45) is 0.944. The van der Waals surface area contributed by atoms with Gasteiger partial charge in [0.2, 0.25) is 0 Å². The maximum absolute atomic E-state index is 6.37. The van der Waals surface area contributed by atoms with Crippen LogP contribution >= 0.6 is 11.6 Å². The number of allylic oxidation sites excluding steroid dienone is 1. The first-order chi connectivity index (χ1) is 8.63. The van der Waals surface area contributed by atoms with Crippen molar-refractivity contribution in [1.29, 1.82) is 0 Å². The topological polar surface area (TPSA) is 32.3 Å². The van der Waals surface area contributed by atoms with Crippen molar-refractivity contribution in [1.82, 2.24) is 5.01 Å². The van der Waals surface area contributed by atoms with E-state index in [1.54, 1.807) is 5.01 Å². The van der Waals surface area contributed by atoms with Crippen LogP contribution in [0.3, 0.4) is 0 Å². The highest BCUT2D eigenvalue weighted by atomic mass is 35.5. The van der Waals surface area contributed by atoms with Gasteiger partial charge in [-0.3, -0.25) is 5.01 Å². The molecule has 0 amide bonds. The first-order valence-electron chi connectivity index (χ1n) is 6.46. The second-order valence-electron chi connectivity index (χ2n) is 4.36. The Morgan fingerprint density at radius 3 is 2.33 bits per heavy atom. The molecule has 2 N–H and O–H groups in total. The molecule has 1 heterocycles. The Morgan fingerprint density at radius 2 is 1.89 bits per heavy atom. The van der Waals surface area contributed by atoms with Crippen molar-refractivity contribution in [3.63, 3.8) is 0 Å². The van der Waals surface area contributed by atoms with Gasteiger partial charge in [0.1, 0.15) is 0 Å². The van der Waals surface area contributed by atoms with E-state index in [-0.39, 0.29) is 0 Å². The zero-order valence-electron chi connectivity index (χ0n) is 11.2. The molecule has 3 nitrogen and oxygen atoms in total. The summed E-state index contributed by atoms with van der Waals surface area (Å²) in [6, 6.07) is 6.20. The Bertz CT molecular complexity index is 478. The first-order valence-corrected chi connectivity index (χ1v) is 6.84. The normalized spacial score (nSPS) is 14.2. The van der Waals surface area contributed by atoms with E-state index in [0.717, 1.165) is 41.5 Å². The standard InChI is InChI=1S/C14H20ClN3/c1-4-13-14(18(13)16)11-8-7-10(9-12(11)15)17(5-2)6-3/h7-9H,4-6,16H2,1-3H3. The minimum absolute atomic E-state index is 0.772. The van der Waals surface area contributed by atoms with Crippen molar-refractivity contribution < 1.29 is 0 Å². The molecule has 0 fully saturated rings. The molecule has 0 atom stereocenters. The third-order valence-electron chi connectivity index (χ3n) is 3.43. The number of hydrogen-bond donors (Lipinski definition) is 1. The van der Waals surface area contributed by atoms with E-state index in [1.807, 2.05) is 6.07 Å². The Balaban J connectivity index is 2.29. The van der Waals surface area contributed by atoms with Crippen LogP contribution in [0.25, 0.3) is 5.70 Å². The lowest BCUT2D eigenvalue weighted by molar-refractivity contribution is 0.618. The largest absolute Gasteiger partial charge is 0.372 e. The summed E-state index contributed by atoms with van der Waals surface area (Å²) >= 11 is 6.37. The average Bonchev–Trinajstić information content (AvgIpc) is 3.01. The maximum atomic E-state index is 6.37. The number of anilines is 1. The molecule has 4 heteroatoms. The molecule has 0 aromatic heterocycles. The molecule has 2 rings (SSSR count). The zero-order chi connectivity index (χ0) is 13.3. The Hall–Kier alpha value is -1.19. The van der Waals surface area contributed by atoms with E-state index >= 15 is 0 Å². The lowest BCUT2D eigenvalue weighted by Crippen LogP contribution is -2.21. The highest BCUT2D eigenvalue weighted by molar-refractivity contribution is 6.32. The van der Waals surface area contributed by atoms with Crippen molar-refractivity contribution in [3.8, 4) is 0 Å². The fourth-order valence-electron chi connectivity index (χ4n) is 2.32. The molecule has 0 radical (unpaired) electrons. The minimum Gasteiger partial charge on any atom is -0.372 e. The fourth-order valence-corrected chi connectivity index (χ4v) is 2.58. The predicted molar refractivity (Wildman–Crippen MR) is 78.3 cm³/mol. The Morgan fingerprint density at radius 1 is 1.22 bits per heavy atom. The molecule has 0 saturated carbocycles. The summed E-state index contributed by atoms with van der Waals surface area (Å²) in [6.45, 7) is 8.35. The first kappa shape index (κ1) is 13.2. The molecule has 1 aromatic rings. The summed E-state index contributed by atoms with van der Waals surface area (Å²) in [5, 5.41) is 2.49. The number of nitrogens with two attached hydrogens (primary N) is 1. The summed E-state index contributed by atoms with van der Waals surface area (Å²) in [5.41, 5.74) is 4.45. The van der Waals surface area contributed by atoms with E-state index in [2.05, 4.69) is 37.8 Å². The second-order valence-corrected chi connectivity index (χ2v) is 4.76. The van der Waals surface area contributed by atoms with Gasteiger partial charge in [-0.05, 0) is 38.5 Å². The van der Waals surface area contributed by atoms with Gasteiger partial charge in [-0.1, -0.05) is 18.5 Å². The van der Waals surface area contributed by atoms with Crippen molar-refractivity contribution >= 4 is 23.0 Å². The van der Waals surface area contributed by atoms with Crippen LogP contribution < -0.4 is 10.7 Å². The number of hydrogen-bond acceptors (Lipinski definition) is 3. The maximum Gasteiger partial charge on any atom is 0.0869 e. The predicted octanol–water partition coefficient (Wildman–Crippen LogP) is 3.45. The molecular weight excluding hydrogens is 246 g/mol. The molecular formula is C14H20ClN3.